The number of likely N-dealkylation sites (tertiary alicyclic amines) is 1. The Bertz CT molecular complexity index is 917. The molecule has 1 saturated heterocycles. The molecule has 0 unspecified atom stereocenters. The molecule has 2 aromatic carbocycles. The Labute approximate surface area is 204 Å². The van der Waals surface area contributed by atoms with Crippen molar-refractivity contribution in [2.75, 3.05) is 46.2 Å². The van der Waals surface area contributed by atoms with Gasteiger partial charge in [-0.15, -0.1) is 12.4 Å². The third-order valence-corrected chi connectivity index (χ3v) is 5.85. The van der Waals surface area contributed by atoms with E-state index >= 15 is 0 Å². The maximum atomic E-state index is 12.9. The molecule has 182 valence electrons. The molecule has 0 aromatic heterocycles. The van der Waals surface area contributed by atoms with Crippen molar-refractivity contribution in [1.82, 2.24) is 10.2 Å². The van der Waals surface area contributed by atoms with E-state index in [1.807, 2.05) is 0 Å². The van der Waals surface area contributed by atoms with E-state index in [-0.39, 0.29) is 36.3 Å². The van der Waals surface area contributed by atoms with E-state index in [4.69, 9.17) is 31.5 Å². The zero-order chi connectivity index (χ0) is 23.1. The third kappa shape index (κ3) is 7.37. The second kappa shape index (κ2) is 12.8. The van der Waals surface area contributed by atoms with Gasteiger partial charge >= 0.3 is 0 Å². The lowest BCUT2D eigenvalue weighted by atomic mass is 10.0. The Kier molecular flexibility index (Phi) is 10.5. The van der Waals surface area contributed by atoms with Crippen LogP contribution in [-0.4, -0.2) is 63.4 Å². The predicted octanol–water partition coefficient (Wildman–Crippen LogP) is 3.78. The number of amides is 1. The van der Waals surface area contributed by atoms with Gasteiger partial charge in [-0.2, -0.15) is 0 Å². The van der Waals surface area contributed by atoms with Gasteiger partial charge in [-0.1, -0.05) is 11.6 Å². The Morgan fingerprint density at radius 2 is 2.00 bits per heavy atom. The average Bonchev–Trinajstić information content (AvgIpc) is 2.80. The van der Waals surface area contributed by atoms with Crippen LogP contribution in [-0.2, 0) is 4.74 Å². The lowest BCUT2D eigenvalue weighted by molar-refractivity contribution is 0.00527. The van der Waals surface area contributed by atoms with Crippen molar-refractivity contribution < 1.29 is 23.4 Å². The van der Waals surface area contributed by atoms with Crippen LogP contribution >= 0.6 is 24.0 Å². The van der Waals surface area contributed by atoms with Crippen molar-refractivity contribution >= 4 is 35.6 Å². The van der Waals surface area contributed by atoms with E-state index in [0.717, 1.165) is 25.9 Å². The zero-order valence-corrected chi connectivity index (χ0v) is 20.3. The molecule has 1 heterocycles. The number of ether oxygens (including phenoxy) is 3. The fourth-order valence-corrected chi connectivity index (χ4v) is 3.92. The first kappa shape index (κ1) is 27.0. The summed E-state index contributed by atoms with van der Waals surface area (Å²) >= 11 is 6.09. The highest BCUT2D eigenvalue weighted by molar-refractivity contribution is 6.33. The summed E-state index contributed by atoms with van der Waals surface area (Å²) in [6.45, 7) is 2.89. The Morgan fingerprint density at radius 3 is 2.67 bits per heavy atom. The SMILES string of the molecule is COc1cc(N)c(Cl)cc1C(=O)N[C@H]1CCN(CCCOc2ccc(F)cc2)C[C@@H]1OC.Cl. The van der Waals surface area contributed by atoms with Crippen molar-refractivity contribution in [2.45, 2.75) is 25.0 Å². The van der Waals surface area contributed by atoms with Crippen LogP contribution in [0.3, 0.4) is 0 Å². The summed E-state index contributed by atoms with van der Waals surface area (Å²) in [5.74, 6) is 0.463. The number of methoxy groups -OCH3 is 2. The van der Waals surface area contributed by atoms with E-state index in [2.05, 4.69) is 10.2 Å². The molecule has 1 aliphatic rings. The highest BCUT2D eigenvalue weighted by atomic mass is 35.5. The number of piperidine rings is 1. The summed E-state index contributed by atoms with van der Waals surface area (Å²) in [5.41, 5.74) is 6.49. The summed E-state index contributed by atoms with van der Waals surface area (Å²) in [7, 11) is 3.13. The number of nitrogen functional groups attached to an aromatic ring is 1. The summed E-state index contributed by atoms with van der Waals surface area (Å²) in [4.78, 5) is 15.1. The molecule has 0 saturated carbocycles. The predicted molar refractivity (Wildman–Crippen MR) is 129 cm³/mol. The first-order valence-electron chi connectivity index (χ1n) is 10.5. The smallest absolute Gasteiger partial charge is 0.255 e. The number of nitrogens with zero attached hydrogens (tertiary/aromatic N) is 1. The van der Waals surface area contributed by atoms with Gasteiger partial charge in [0.15, 0.2) is 0 Å². The number of carbonyl (C=O) groups is 1. The molecule has 0 bridgehead atoms. The zero-order valence-electron chi connectivity index (χ0n) is 18.7. The topological polar surface area (TPSA) is 86.0 Å². The molecule has 3 N–H and O–H groups in total. The van der Waals surface area contributed by atoms with Gasteiger partial charge in [0.2, 0.25) is 0 Å². The van der Waals surface area contributed by atoms with Crippen molar-refractivity contribution in [3.8, 4) is 11.5 Å². The van der Waals surface area contributed by atoms with Gasteiger partial charge in [0.1, 0.15) is 17.3 Å². The largest absolute Gasteiger partial charge is 0.496 e. The molecular formula is C23H30Cl2FN3O4. The number of benzene rings is 2. The number of hydrogen-bond acceptors (Lipinski definition) is 6. The minimum Gasteiger partial charge on any atom is -0.496 e. The lowest BCUT2D eigenvalue weighted by Crippen LogP contribution is -2.55. The van der Waals surface area contributed by atoms with Crippen LogP contribution in [0.25, 0.3) is 0 Å². The van der Waals surface area contributed by atoms with Crippen LogP contribution in [0.1, 0.15) is 23.2 Å². The third-order valence-electron chi connectivity index (χ3n) is 5.53. The summed E-state index contributed by atoms with van der Waals surface area (Å²) in [6.07, 6.45) is 1.42. The van der Waals surface area contributed by atoms with Crippen molar-refractivity contribution in [1.29, 1.82) is 0 Å². The minimum atomic E-state index is -0.282. The monoisotopic (exact) mass is 501 g/mol. The Hall–Kier alpha value is -2.26. The Morgan fingerprint density at radius 1 is 1.27 bits per heavy atom. The molecule has 3 rings (SSSR count). The molecule has 2 atom stereocenters. The molecule has 1 fully saturated rings. The van der Waals surface area contributed by atoms with Crippen LogP contribution in [0.2, 0.25) is 5.02 Å². The van der Waals surface area contributed by atoms with Gasteiger partial charge in [-0.3, -0.25) is 4.79 Å². The molecule has 1 amide bonds. The van der Waals surface area contributed by atoms with E-state index in [1.165, 1.54) is 25.3 Å². The molecule has 2 aromatic rings. The molecule has 0 aliphatic carbocycles. The van der Waals surface area contributed by atoms with Crippen molar-refractivity contribution in [3.05, 3.63) is 52.8 Å². The summed E-state index contributed by atoms with van der Waals surface area (Å²) < 4.78 is 29.5. The van der Waals surface area contributed by atoms with E-state index < -0.39 is 0 Å². The van der Waals surface area contributed by atoms with Crippen LogP contribution in [0.15, 0.2) is 36.4 Å². The fraction of sp³-hybridized carbons (Fsp3) is 0.435. The standard InChI is InChI=1S/C23H29ClFN3O4.ClH/c1-30-21-13-19(26)18(24)12-17(21)23(29)27-20-8-10-28(14-22(20)31-2)9-3-11-32-16-6-4-15(25)5-7-16;/h4-7,12-13,20,22H,3,8-11,14,26H2,1-2H3,(H,27,29);1H/t20-,22-;/m0./s1. The molecule has 7 nitrogen and oxygen atoms in total. The molecular weight excluding hydrogens is 472 g/mol. The Balaban J connectivity index is 0.00000385. The van der Waals surface area contributed by atoms with E-state index in [9.17, 15) is 9.18 Å². The first-order chi connectivity index (χ1) is 15.4. The van der Waals surface area contributed by atoms with Gasteiger partial charge in [0.25, 0.3) is 5.91 Å². The first-order valence-corrected chi connectivity index (χ1v) is 10.9. The highest BCUT2D eigenvalue weighted by Crippen LogP contribution is 2.29. The quantitative estimate of drug-likeness (QED) is 0.401. The number of halogens is 3. The van der Waals surface area contributed by atoms with Crippen molar-refractivity contribution in [3.63, 3.8) is 0 Å². The van der Waals surface area contributed by atoms with Gasteiger partial charge in [-0.05, 0) is 43.2 Å². The maximum Gasteiger partial charge on any atom is 0.255 e. The van der Waals surface area contributed by atoms with Crippen molar-refractivity contribution in [2.24, 2.45) is 0 Å². The normalized spacial score (nSPS) is 18.3. The molecule has 0 radical (unpaired) electrons. The number of carbonyl (C=O) groups excluding carboxylic acids is 1. The number of nitrogens with two attached hydrogens (primary N) is 1. The van der Waals surface area contributed by atoms with Gasteiger partial charge in [0.05, 0.1) is 42.1 Å². The molecule has 1 aliphatic heterocycles. The number of anilines is 1. The molecule has 33 heavy (non-hydrogen) atoms. The minimum absolute atomic E-state index is 0. The van der Waals surface area contributed by atoms with Gasteiger partial charge in [-0.25, -0.2) is 4.39 Å². The maximum absolute atomic E-state index is 12.9. The van der Waals surface area contributed by atoms with Gasteiger partial charge < -0.3 is 30.2 Å². The van der Waals surface area contributed by atoms with Crippen LogP contribution in [0.4, 0.5) is 10.1 Å². The second-order valence-corrected chi connectivity index (χ2v) is 8.08. The van der Waals surface area contributed by atoms with E-state index in [1.54, 1.807) is 25.3 Å². The summed E-state index contributed by atoms with van der Waals surface area (Å²) in [5, 5.41) is 3.35. The number of nitrogens with one attached hydrogen (secondary N) is 1. The van der Waals surface area contributed by atoms with E-state index in [0.29, 0.717) is 40.9 Å². The lowest BCUT2D eigenvalue weighted by Gasteiger charge is -2.38. The number of rotatable bonds is 9. The summed E-state index contributed by atoms with van der Waals surface area (Å²) in [6, 6.07) is 8.92. The fourth-order valence-electron chi connectivity index (χ4n) is 3.76. The highest BCUT2D eigenvalue weighted by Gasteiger charge is 2.31. The molecule has 0 spiro atoms. The number of hydrogen-bond donors (Lipinski definition) is 2. The van der Waals surface area contributed by atoms with Crippen LogP contribution in [0.5, 0.6) is 11.5 Å². The average molecular weight is 502 g/mol. The van der Waals surface area contributed by atoms with Gasteiger partial charge in [0, 0.05) is 32.8 Å². The second-order valence-electron chi connectivity index (χ2n) is 7.67. The molecule has 10 heteroatoms. The van der Waals surface area contributed by atoms with Crippen LogP contribution in [0, 0.1) is 5.82 Å². The van der Waals surface area contributed by atoms with Crippen LogP contribution < -0.4 is 20.5 Å².